The molecule has 1 aromatic carbocycles. The fourth-order valence-corrected chi connectivity index (χ4v) is 2.64. The van der Waals surface area contributed by atoms with Gasteiger partial charge in [0.2, 0.25) is 0 Å². The SMILES string of the molecule is CCCCCCCCCC=CCCCNc1ccc(C(=O)O)cc1. The van der Waals surface area contributed by atoms with E-state index in [4.69, 9.17) is 5.11 Å². The summed E-state index contributed by atoms with van der Waals surface area (Å²) in [5.41, 5.74) is 1.31. The fourth-order valence-electron chi connectivity index (χ4n) is 2.64. The highest BCUT2D eigenvalue weighted by molar-refractivity contribution is 5.87. The highest BCUT2D eigenvalue weighted by Gasteiger charge is 2.00. The number of benzene rings is 1. The number of aromatic carboxylic acids is 1. The van der Waals surface area contributed by atoms with Crippen LogP contribution in [-0.4, -0.2) is 17.6 Å². The lowest BCUT2D eigenvalue weighted by Crippen LogP contribution is -2.02. The minimum Gasteiger partial charge on any atom is -0.478 e. The molecule has 0 aromatic heterocycles. The molecule has 134 valence electrons. The van der Waals surface area contributed by atoms with Crippen molar-refractivity contribution in [3.8, 4) is 0 Å². The van der Waals surface area contributed by atoms with E-state index in [9.17, 15) is 4.79 Å². The van der Waals surface area contributed by atoms with Crippen molar-refractivity contribution >= 4 is 11.7 Å². The fraction of sp³-hybridized carbons (Fsp3) is 0.571. The van der Waals surface area contributed by atoms with Crippen LogP contribution < -0.4 is 5.32 Å². The third-order valence-electron chi connectivity index (χ3n) is 4.15. The van der Waals surface area contributed by atoms with Gasteiger partial charge in [-0.2, -0.15) is 0 Å². The van der Waals surface area contributed by atoms with Gasteiger partial charge in [0.05, 0.1) is 5.56 Å². The van der Waals surface area contributed by atoms with E-state index in [1.54, 1.807) is 12.1 Å². The van der Waals surface area contributed by atoms with Crippen LogP contribution in [0.5, 0.6) is 0 Å². The van der Waals surface area contributed by atoms with E-state index in [2.05, 4.69) is 24.4 Å². The summed E-state index contributed by atoms with van der Waals surface area (Å²) in [6.07, 6.45) is 17.6. The van der Waals surface area contributed by atoms with E-state index in [-0.39, 0.29) is 0 Å². The number of hydrogen-bond donors (Lipinski definition) is 2. The number of anilines is 1. The second-order valence-electron chi connectivity index (χ2n) is 6.33. The van der Waals surface area contributed by atoms with Crippen molar-refractivity contribution in [1.82, 2.24) is 0 Å². The molecule has 0 fully saturated rings. The molecule has 0 bridgehead atoms. The molecule has 1 aromatic rings. The predicted octanol–water partition coefficient (Wildman–Crippen LogP) is 6.27. The third-order valence-corrected chi connectivity index (χ3v) is 4.15. The summed E-state index contributed by atoms with van der Waals surface area (Å²) in [4.78, 5) is 10.8. The van der Waals surface area contributed by atoms with Gasteiger partial charge >= 0.3 is 5.97 Å². The van der Waals surface area contributed by atoms with Gasteiger partial charge in [-0.3, -0.25) is 0 Å². The molecule has 0 atom stereocenters. The number of carboxylic acids is 1. The molecule has 0 saturated carbocycles. The van der Waals surface area contributed by atoms with E-state index >= 15 is 0 Å². The van der Waals surface area contributed by atoms with Crippen LogP contribution in [0.25, 0.3) is 0 Å². The maximum absolute atomic E-state index is 10.8. The van der Waals surface area contributed by atoms with Crippen molar-refractivity contribution in [2.45, 2.75) is 71.1 Å². The van der Waals surface area contributed by atoms with Crippen molar-refractivity contribution in [2.75, 3.05) is 11.9 Å². The third kappa shape index (κ3) is 10.1. The second-order valence-corrected chi connectivity index (χ2v) is 6.33. The first-order chi connectivity index (χ1) is 11.7. The summed E-state index contributed by atoms with van der Waals surface area (Å²) in [6.45, 7) is 3.17. The molecule has 0 aliphatic heterocycles. The minimum absolute atomic E-state index is 0.328. The molecule has 0 amide bonds. The Labute approximate surface area is 147 Å². The molecule has 0 spiro atoms. The number of unbranched alkanes of at least 4 members (excludes halogenated alkanes) is 8. The molecule has 1 rings (SSSR count). The lowest BCUT2D eigenvalue weighted by atomic mass is 10.1. The molecule has 0 heterocycles. The zero-order valence-corrected chi connectivity index (χ0v) is 15.1. The van der Waals surface area contributed by atoms with Crippen molar-refractivity contribution in [3.63, 3.8) is 0 Å². The van der Waals surface area contributed by atoms with Crippen LogP contribution in [0.3, 0.4) is 0 Å². The minimum atomic E-state index is -0.882. The van der Waals surface area contributed by atoms with Crippen LogP contribution >= 0.6 is 0 Å². The lowest BCUT2D eigenvalue weighted by molar-refractivity contribution is 0.0697. The molecule has 24 heavy (non-hydrogen) atoms. The Kier molecular flexibility index (Phi) is 11.5. The Morgan fingerprint density at radius 2 is 1.50 bits per heavy atom. The molecule has 0 unspecified atom stereocenters. The molecule has 2 N–H and O–H groups in total. The smallest absolute Gasteiger partial charge is 0.335 e. The average Bonchev–Trinajstić information content (AvgIpc) is 2.59. The number of allylic oxidation sites excluding steroid dienone is 2. The predicted molar refractivity (Wildman–Crippen MR) is 103 cm³/mol. The quantitative estimate of drug-likeness (QED) is 0.312. The monoisotopic (exact) mass is 331 g/mol. The van der Waals surface area contributed by atoms with Gasteiger partial charge in [-0.05, 0) is 49.9 Å². The molecule has 3 heteroatoms. The van der Waals surface area contributed by atoms with Crippen LogP contribution in [0.2, 0.25) is 0 Å². The molecular weight excluding hydrogens is 298 g/mol. The van der Waals surface area contributed by atoms with Crippen molar-refractivity contribution < 1.29 is 9.90 Å². The Morgan fingerprint density at radius 1 is 0.917 bits per heavy atom. The Bertz CT molecular complexity index is 465. The summed E-state index contributed by atoms with van der Waals surface area (Å²) < 4.78 is 0. The summed E-state index contributed by atoms with van der Waals surface area (Å²) in [5.74, 6) is -0.882. The van der Waals surface area contributed by atoms with Crippen molar-refractivity contribution in [1.29, 1.82) is 0 Å². The first-order valence-electron chi connectivity index (χ1n) is 9.46. The van der Waals surface area contributed by atoms with Gasteiger partial charge in [0.15, 0.2) is 0 Å². The van der Waals surface area contributed by atoms with Gasteiger partial charge < -0.3 is 10.4 Å². The summed E-state index contributed by atoms with van der Waals surface area (Å²) in [5, 5.41) is 12.2. The van der Waals surface area contributed by atoms with E-state index in [1.165, 1.54) is 51.4 Å². The van der Waals surface area contributed by atoms with Crippen LogP contribution in [0, 0.1) is 0 Å². The van der Waals surface area contributed by atoms with Gasteiger partial charge in [-0.1, -0.05) is 57.6 Å². The zero-order chi connectivity index (χ0) is 17.5. The van der Waals surface area contributed by atoms with Crippen LogP contribution in [0.4, 0.5) is 5.69 Å². The Morgan fingerprint density at radius 3 is 2.12 bits per heavy atom. The number of carboxylic acid groups (broad SMARTS) is 1. The summed E-state index contributed by atoms with van der Waals surface area (Å²) >= 11 is 0. The maximum atomic E-state index is 10.8. The zero-order valence-electron chi connectivity index (χ0n) is 15.1. The molecule has 3 nitrogen and oxygen atoms in total. The highest BCUT2D eigenvalue weighted by Crippen LogP contribution is 2.10. The normalized spacial score (nSPS) is 11.0. The topological polar surface area (TPSA) is 49.3 Å². The van der Waals surface area contributed by atoms with Crippen molar-refractivity contribution in [2.24, 2.45) is 0 Å². The number of nitrogens with one attached hydrogen (secondary N) is 1. The average molecular weight is 332 g/mol. The van der Waals surface area contributed by atoms with Crippen LogP contribution in [0.15, 0.2) is 36.4 Å². The van der Waals surface area contributed by atoms with E-state index in [1.807, 2.05) is 12.1 Å². The first kappa shape index (κ1) is 20.3. The number of carbonyl (C=O) groups is 1. The first-order valence-corrected chi connectivity index (χ1v) is 9.46. The molecular formula is C21H33NO2. The van der Waals surface area contributed by atoms with Gasteiger partial charge in [0.1, 0.15) is 0 Å². The van der Waals surface area contributed by atoms with Crippen molar-refractivity contribution in [3.05, 3.63) is 42.0 Å². The number of hydrogen-bond acceptors (Lipinski definition) is 2. The van der Waals surface area contributed by atoms with E-state index < -0.39 is 5.97 Å². The van der Waals surface area contributed by atoms with Crippen LogP contribution in [-0.2, 0) is 0 Å². The lowest BCUT2D eigenvalue weighted by Gasteiger charge is -2.05. The van der Waals surface area contributed by atoms with E-state index in [0.717, 1.165) is 25.1 Å². The summed E-state index contributed by atoms with van der Waals surface area (Å²) in [6, 6.07) is 6.90. The van der Waals surface area contributed by atoms with Gasteiger partial charge in [-0.15, -0.1) is 0 Å². The molecule has 0 aliphatic carbocycles. The second kappa shape index (κ2) is 13.6. The van der Waals surface area contributed by atoms with Crippen LogP contribution in [0.1, 0.15) is 81.5 Å². The molecule has 0 saturated heterocycles. The molecule has 0 aliphatic rings. The Hall–Kier alpha value is -1.77. The van der Waals surface area contributed by atoms with Gasteiger partial charge in [-0.25, -0.2) is 4.79 Å². The maximum Gasteiger partial charge on any atom is 0.335 e. The van der Waals surface area contributed by atoms with Gasteiger partial charge in [0, 0.05) is 12.2 Å². The Balaban J connectivity index is 1.95. The molecule has 0 radical (unpaired) electrons. The largest absolute Gasteiger partial charge is 0.478 e. The summed E-state index contributed by atoms with van der Waals surface area (Å²) in [7, 11) is 0. The van der Waals surface area contributed by atoms with Gasteiger partial charge in [0.25, 0.3) is 0 Å². The number of rotatable bonds is 14. The standard InChI is InChI=1S/C21H33NO2/c1-2-3-4-5-6-7-8-9-10-11-12-13-18-22-20-16-14-19(15-17-20)21(23)24/h10-11,14-17,22H,2-9,12-13,18H2,1H3,(H,23,24). The van der Waals surface area contributed by atoms with E-state index in [0.29, 0.717) is 5.56 Å². The highest BCUT2D eigenvalue weighted by atomic mass is 16.4.